The number of carbonyl (C=O) groups excluding carboxylic acids is 1. The summed E-state index contributed by atoms with van der Waals surface area (Å²) >= 11 is 0. The zero-order chi connectivity index (χ0) is 17.6. The second-order valence-corrected chi connectivity index (χ2v) is 5.72. The second kappa shape index (κ2) is 7.81. The molecular weight excluding hydrogens is 316 g/mol. The molecule has 0 unspecified atom stereocenters. The molecule has 25 heavy (non-hydrogen) atoms. The molecule has 0 saturated heterocycles. The molecule has 1 amide bonds. The third-order valence-corrected chi connectivity index (χ3v) is 3.95. The summed E-state index contributed by atoms with van der Waals surface area (Å²) in [5.74, 6) is 1.22. The van der Waals surface area contributed by atoms with Gasteiger partial charge in [-0.25, -0.2) is 4.98 Å². The van der Waals surface area contributed by atoms with E-state index in [1.165, 1.54) is 0 Å². The maximum Gasteiger partial charge on any atom is 0.226 e. The maximum atomic E-state index is 12.3. The third kappa shape index (κ3) is 3.80. The number of nitrogens with one attached hydrogen (secondary N) is 2. The number of anilines is 1. The van der Waals surface area contributed by atoms with Crippen molar-refractivity contribution >= 4 is 22.9 Å². The van der Waals surface area contributed by atoms with Crippen molar-refractivity contribution < 1.29 is 9.53 Å². The lowest BCUT2D eigenvalue weighted by molar-refractivity contribution is -0.116. The van der Waals surface area contributed by atoms with Crippen LogP contribution in [0.25, 0.3) is 16.7 Å². The van der Waals surface area contributed by atoms with Gasteiger partial charge in [-0.2, -0.15) is 0 Å². The van der Waals surface area contributed by atoms with Crippen molar-refractivity contribution in [3.8, 4) is 11.4 Å². The topological polar surface area (TPSA) is 68.2 Å². The van der Waals surface area contributed by atoms with E-state index in [1.54, 1.807) is 7.11 Å². The lowest BCUT2D eigenvalue weighted by Gasteiger charge is -2.11. The van der Waals surface area contributed by atoms with Gasteiger partial charge in [0.1, 0.15) is 5.75 Å². The van der Waals surface area contributed by atoms with Crippen molar-refractivity contribution in [1.29, 1.82) is 0 Å². The molecule has 6 heteroatoms. The molecule has 3 rings (SSSR count). The highest BCUT2D eigenvalue weighted by atomic mass is 16.5. The summed E-state index contributed by atoms with van der Waals surface area (Å²) in [6, 6.07) is 15.5. The molecule has 3 aromatic rings. The van der Waals surface area contributed by atoms with Crippen molar-refractivity contribution in [1.82, 2.24) is 14.9 Å². The minimum absolute atomic E-state index is 0.0466. The number of methoxy groups -OCH3 is 1. The Morgan fingerprint density at radius 3 is 2.84 bits per heavy atom. The Kier molecular flexibility index (Phi) is 5.30. The SMILES string of the molecule is CNCCCC(=O)Nc1nc2ccccc2n1-c1cccc(OC)c1. The molecule has 0 spiro atoms. The van der Waals surface area contributed by atoms with Crippen LogP contribution in [0.3, 0.4) is 0 Å². The Morgan fingerprint density at radius 2 is 2.04 bits per heavy atom. The Bertz CT molecular complexity index is 873. The monoisotopic (exact) mass is 338 g/mol. The van der Waals surface area contributed by atoms with Gasteiger partial charge in [-0.1, -0.05) is 18.2 Å². The molecule has 0 fully saturated rings. The van der Waals surface area contributed by atoms with E-state index in [2.05, 4.69) is 15.6 Å². The van der Waals surface area contributed by atoms with Crippen molar-refractivity contribution in [2.24, 2.45) is 0 Å². The summed E-state index contributed by atoms with van der Waals surface area (Å²) in [6.07, 6.45) is 1.23. The number of imidazole rings is 1. The molecular formula is C19H22N4O2. The lowest BCUT2D eigenvalue weighted by Crippen LogP contribution is -2.17. The fourth-order valence-corrected chi connectivity index (χ4v) is 2.73. The van der Waals surface area contributed by atoms with Crippen LogP contribution in [0.1, 0.15) is 12.8 Å². The Balaban J connectivity index is 1.98. The molecule has 1 heterocycles. The maximum absolute atomic E-state index is 12.3. The fourth-order valence-electron chi connectivity index (χ4n) is 2.73. The predicted octanol–water partition coefficient (Wildman–Crippen LogP) is 2.97. The fraction of sp³-hybridized carbons (Fsp3) is 0.263. The molecule has 6 nitrogen and oxygen atoms in total. The molecule has 0 bridgehead atoms. The number of nitrogens with zero attached hydrogens (tertiary/aromatic N) is 2. The van der Waals surface area contributed by atoms with Crippen LogP contribution in [0.4, 0.5) is 5.95 Å². The number of fused-ring (bicyclic) bond motifs is 1. The molecule has 130 valence electrons. The van der Waals surface area contributed by atoms with E-state index in [9.17, 15) is 4.79 Å². The number of aromatic nitrogens is 2. The molecule has 0 saturated carbocycles. The minimum atomic E-state index is -0.0466. The standard InChI is InChI=1S/C19H22N4O2/c1-20-12-6-11-18(24)22-19-21-16-9-3-4-10-17(16)23(19)14-7-5-8-15(13-14)25-2/h3-5,7-10,13,20H,6,11-12H2,1-2H3,(H,21,22,24). The Morgan fingerprint density at radius 1 is 1.20 bits per heavy atom. The van der Waals surface area contributed by atoms with Crippen molar-refractivity contribution in [2.45, 2.75) is 12.8 Å². The summed E-state index contributed by atoms with van der Waals surface area (Å²) in [5, 5.41) is 5.98. The molecule has 0 radical (unpaired) electrons. The average Bonchev–Trinajstić information content (AvgIpc) is 2.99. The lowest BCUT2D eigenvalue weighted by atomic mass is 10.2. The van der Waals surface area contributed by atoms with E-state index in [0.29, 0.717) is 12.4 Å². The quantitative estimate of drug-likeness (QED) is 0.650. The highest BCUT2D eigenvalue weighted by Crippen LogP contribution is 2.26. The average molecular weight is 338 g/mol. The van der Waals surface area contributed by atoms with Crippen LogP contribution in [0, 0.1) is 0 Å². The summed E-state index contributed by atoms with van der Waals surface area (Å²) in [6.45, 7) is 0.805. The summed E-state index contributed by atoms with van der Waals surface area (Å²) in [5.41, 5.74) is 2.65. The second-order valence-electron chi connectivity index (χ2n) is 5.72. The Labute approximate surface area is 146 Å². The highest BCUT2D eigenvalue weighted by Gasteiger charge is 2.15. The summed E-state index contributed by atoms with van der Waals surface area (Å²) in [4.78, 5) is 16.8. The van der Waals surface area contributed by atoms with Gasteiger partial charge >= 0.3 is 0 Å². The number of hydrogen-bond acceptors (Lipinski definition) is 4. The van der Waals surface area contributed by atoms with Gasteiger partial charge < -0.3 is 10.1 Å². The molecule has 1 aromatic heterocycles. The first-order valence-corrected chi connectivity index (χ1v) is 8.29. The zero-order valence-electron chi connectivity index (χ0n) is 14.5. The van der Waals surface area contributed by atoms with Crippen LogP contribution in [0.5, 0.6) is 5.75 Å². The predicted molar refractivity (Wildman–Crippen MR) is 99.4 cm³/mol. The van der Waals surface area contributed by atoms with Crippen molar-refractivity contribution in [3.63, 3.8) is 0 Å². The molecule has 2 N–H and O–H groups in total. The van der Waals surface area contributed by atoms with E-state index in [0.717, 1.165) is 35.4 Å². The van der Waals surface area contributed by atoms with E-state index in [4.69, 9.17) is 4.74 Å². The van der Waals surface area contributed by atoms with E-state index < -0.39 is 0 Å². The largest absolute Gasteiger partial charge is 0.497 e. The molecule has 0 aliphatic heterocycles. The molecule has 0 atom stereocenters. The van der Waals surface area contributed by atoms with Crippen molar-refractivity contribution in [2.75, 3.05) is 26.0 Å². The first kappa shape index (κ1) is 17.0. The number of carbonyl (C=O) groups is 1. The number of benzene rings is 2. The van der Waals surface area contributed by atoms with Crippen LogP contribution in [-0.2, 0) is 4.79 Å². The normalized spacial score (nSPS) is 10.8. The Hall–Kier alpha value is -2.86. The number of para-hydroxylation sites is 2. The number of amides is 1. The van der Waals surface area contributed by atoms with Gasteiger partial charge in [0.2, 0.25) is 11.9 Å². The molecule has 0 aliphatic rings. The number of hydrogen-bond donors (Lipinski definition) is 2. The van der Waals surface area contributed by atoms with Gasteiger partial charge in [0.25, 0.3) is 0 Å². The van der Waals surface area contributed by atoms with Gasteiger partial charge in [0.15, 0.2) is 0 Å². The van der Waals surface area contributed by atoms with Crippen LogP contribution in [0.2, 0.25) is 0 Å². The van der Waals surface area contributed by atoms with Gasteiger partial charge in [-0.05, 0) is 44.3 Å². The summed E-state index contributed by atoms with van der Waals surface area (Å²) < 4.78 is 7.26. The highest BCUT2D eigenvalue weighted by molar-refractivity contribution is 5.92. The van der Waals surface area contributed by atoms with Crippen LogP contribution in [-0.4, -0.2) is 36.2 Å². The zero-order valence-corrected chi connectivity index (χ0v) is 14.5. The van der Waals surface area contributed by atoms with Gasteiger partial charge in [-0.3, -0.25) is 14.7 Å². The number of rotatable bonds is 7. The van der Waals surface area contributed by atoms with Crippen LogP contribution in [0.15, 0.2) is 48.5 Å². The first-order valence-electron chi connectivity index (χ1n) is 8.29. The van der Waals surface area contributed by atoms with Crippen molar-refractivity contribution in [3.05, 3.63) is 48.5 Å². The smallest absolute Gasteiger partial charge is 0.226 e. The van der Waals surface area contributed by atoms with Gasteiger partial charge in [0.05, 0.1) is 23.8 Å². The first-order chi connectivity index (χ1) is 12.2. The summed E-state index contributed by atoms with van der Waals surface area (Å²) in [7, 11) is 3.51. The molecule has 0 aliphatic carbocycles. The number of ether oxygens (including phenoxy) is 1. The van der Waals surface area contributed by atoms with E-state index in [1.807, 2.05) is 60.1 Å². The van der Waals surface area contributed by atoms with Crippen LogP contribution >= 0.6 is 0 Å². The third-order valence-electron chi connectivity index (χ3n) is 3.95. The molecule has 2 aromatic carbocycles. The van der Waals surface area contributed by atoms with Crippen LogP contribution < -0.4 is 15.4 Å². The minimum Gasteiger partial charge on any atom is -0.497 e. The van der Waals surface area contributed by atoms with E-state index in [-0.39, 0.29) is 5.91 Å². The van der Waals surface area contributed by atoms with Gasteiger partial charge in [0, 0.05) is 12.5 Å². The van der Waals surface area contributed by atoms with Gasteiger partial charge in [-0.15, -0.1) is 0 Å². The van der Waals surface area contributed by atoms with E-state index >= 15 is 0 Å².